The van der Waals surface area contributed by atoms with Gasteiger partial charge in [0, 0.05) is 19.6 Å². The Kier molecular flexibility index (Phi) is 8.32. The summed E-state index contributed by atoms with van der Waals surface area (Å²) in [6, 6.07) is 0. The minimum atomic E-state index is -0.811. The second kappa shape index (κ2) is 9.73. The van der Waals surface area contributed by atoms with Crippen molar-refractivity contribution in [3.63, 3.8) is 0 Å². The minimum Gasteiger partial charge on any atom is -0.444 e. The summed E-state index contributed by atoms with van der Waals surface area (Å²) in [6.45, 7) is 6.76. The first-order valence-electron chi connectivity index (χ1n) is 7.52. The Balaban J connectivity index is 2.60. The van der Waals surface area contributed by atoms with Crippen LogP contribution >= 0.6 is 18.9 Å². The van der Waals surface area contributed by atoms with Crippen molar-refractivity contribution in [3.05, 3.63) is 0 Å². The van der Waals surface area contributed by atoms with E-state index in [0.717, 1.165) is 6.42 Å². The fourth-order valence-electron chi connectivity index (χ4n) is 2.06. The second-order valence-electron chi connectivity index (χ2n) is 6.33. The van der Waals surface area contributed by atoms with Gasteiger partial charge in [-0.15, -0.1) is 0 Å². The Labute approximate surface area is 151 Å². The van der Waals surface area contributed by atoms with E-state index in [1.807, 2.05) is 20.8 Å². The number of ether oxygens (including phenoxy) is 1. The number of likely N-dealkylation sites (tertiary alicyclic amines) is 1. The van der Waals surface area contributed by atoms with E-state index in [-0.39, 0.29) is 18.0 Å². The van der Waals surface area contributed by atoms with E-state index in [1.165, 1.54) is 0 Å². The SMILES string of the molecule is CC(C)(C)OC(=O)N1CC[C@H](CN=C(NC(=O)OP)NC(=O)OP)C1. The fraction of sp³-hybridized carbons (Fsp3) is 0.692. The molecule has 3 amide bonds. The third-order valence-corrected chi connectivity index (χ3v) is 3.53. The van der Waals surface area contributed by atoms with Crippen LogP contribution in [-0.4, -0.2) is 54.4 Å². The normalized spacial score (nSPS) is 16.7. The van der Waals surface area contributed by atoms with E-state index in [9.17, 15) is 14.4 Å². The molecule has 1 saturated heterocycles. The van der Waals surface area contributed by atoms with E-state index in [1.54, 1.807) is 23.8 Å². The van der Waals surface area contributed by atoms with Gasteiger partial charge in [-0.1, -0.05) is 0 Å². The maximum Gasteiger partial charge on any atom is 0.416 e. The highest BCUT2D eigenvalue weighted by molar-refractivity contribution is 7.11. The van der Waals surface area contributed by atoms with Gasteiger partial charge in [-0.3, -0.25) is 15.6 Å². The van der Waals surface area contributed by atoms with Crippen molar-refractivity contribution >= 4 is 43.2 Å². The average molecular weight is 394 g/mol. The van der Waals surface area contributed by atoms with Crippen molar-refractivity contribution in [1.82, 2.24) is 15.5 Å². The van der Waals surface area contributed by atoms with Crippen molar-refractivity contribution in [2.75, 3.05) is 19.6 Å². The molecule has 0 aliphatic carbocycles. The lowest BCUT2D eigenvalue weighted by atomic mass is 10.1. The molecule has 1 heterocycles. The maximum absolute atomic E-state index is 12.0. The summed E-state index contributed by atoms with van der Waals surface area (Å²) in [5, 5.41) is 4.52. The fourth-order valence-corrected chi connectivity index (χ4v) is 2.17. The molecule has 10 nitrogen and oxygen atoms in total. The third kappa shape index (κ3) is 8.31. The summed E-state index contributed by atoms with van der Waals surface area (Å²) in [5.74, 6) is -0.0271. The molecule has 142 valence electrons. The van der Waals surface area contributed by atoms with Crippen LogP contribution in [0.1, 0.15) is 27.2 Å². The minimum absolute atomic E-state index is 0.0742. The molecule has 1 rings (SSSR count). The number of carbonyl (C=O) groups is 3. The van der Waals surface area contributed by atoms with Gasteiger partial charge < -0.3 is 18.7 Å². The Morgan fingerprint density at radius 3 is 2.20 bits per heavy atom. The van der Waals surface area contributed by atoms with Crippen LogP contribution in [0.2, 0.25) is 0 Å². The van der Waals surface area contributed by atoms with Crippen LogP contribution in [0.3, 0.4) is 0 Å². The number of nitrogens with one attached hydrogen (secondary N) is 2. The summed E-state index contributed by atoms with van der Waals surface area (Å²) >= 11 is 0. The smallest absolute Gasteiger partial charge is 0.416 e. The van der Waals surface area contributed by atoms with Crippen LogP contribution in [0.5, 0.6) is 0 Å². The summed E-state index contributed by atoms with van der Waals surface area (Å²) in [4.78, 5) is 40.3. The largest absolute Gasteiger partial charge is 0.444 e. The lowest BCUT2D eigenvalue weighted by Crippen LogP contribution is -2.43. The van der Waals surface area contributed by atoms with E-state index in [0.29, 0.717) is 19.6 Å². The van der Waals surface area contributed by atoms with Crippen LogP contribution in [0.25, 0.3) is 0 Å². The predicted molar refractivity (Wildman–Crippen MR) is 96.9 cm³/mol. The Bertz CT molecular complexity index is 517. The maximum atomic E-state index is 12.0. The Hall–Kier alpha value is -1.66. The van der Waals surface area contributed by atoms with Gasteiger partial charge in [0.2, 0.25) is 5.96 Å². The van der Waals surface area contributed by atoms with E-state index < -0.39 is 17.8 Å². The summed E-state index contributed by atoms with van der Waals surface area (Å²) in [7, 11) is 3.56. The third-order valence-electron chi connectivity index (χ3n) is 3.10. The van der Waals surface area contributed by atoms with Gasteiger partial charge in [-0.2, -0.15) is 0 Å². The zero-order chi connectivity index (χ0) is 19.0. The number of nitrogens with zero attached hydrogens (tertiary/aromatic N) is 2. The highest BCUT2D eigenvalue weighted by Crippen LogP contribution is 2.19. The van der Waals surface area contributed by atoms with Gasteiger partial charge in [0.15, 0.2) is 0 Å². The molecule has 3 atom stereocenters. The molecule has 1 aliphatic heterocycles. The number of hydrogen-bond donors (Lipinski definition) is 2. The standard InChI is InChI=1S/C13H24N4O6P2/c1-13(2,3)21-12(20)17-5-4-8(7-17)6-14-9(15-10(18)22-24)16-11(19)23-25/h8H,4-7,24-25H2,1-3H3,(H2,14,15,16,18,19)/t8-/m1/s1. The van der Waals surface area contributed by atoms with Crippen molar-refractivity contribution in [2.24, 2.45) is 10.9 Å². The van der Waals surface area contributed by atoms with Gasteiger partial charge in [0.05, 0.1) is 18.9 Å². The van der Waals surface area contributed by atoms with Gasteiger partial charge in [0.1, 0.15) is 5.60 Å². The van der Waals surface area contributed by atoms with Crippen LogP contribution < -0.4 is 10.6 Å². The number of hydrogen-bond acceptors (Lipinski definition) is 7. The zero-order valence-electron chi connectivity index (χ0n) is 14.4. The van der Waals surface area contributed by atoms with Gasteiger partial charge in [-0.05, 0) is 33.1 Å². The summed E-state index contributed by atoms with van der Waals surface area (Å²) in [6.07, 6.45) is -1.25. The molecule has 1 fully saturated rings. The number of rotatable bonds is 2. The monoisotopic (exact) mass is 394 g/mol. The number of guanidine groups is 1. The zero-order valence-corrected chi connectivity index (χ0v) is 16.7. The predicted octanol–water partition coefficient (Wildman–Crippen LogP) is 1.63. The molecule has 2 unspecified atom stereocenters. The quantitative estimate of drug-likeness (QED) is 0.418. The first-order chi connectivity index (χ1) is 11.6. The molecule has 0 bridgehead atoms. The van der Waals surface area contributed by atoms with Gasteiger partial charge in [-0.25, -0.2) is 14.4 Å². The molecular formula is C13H24N4O6P2. The highest BCUT2D eigenvalue weighted by Gasteiger charge is 2.29. The molecule has 0 spiro atoms. The Morgan fingerprint density at radius 2 is 1.72 bits per heavy atom. The topological polar surface area (TPSA) is 119 Å². The average Bonchev–Trinajstić information content (AvgIpc) is 2.99. The molecule has 0 aromatic carbocycles. The van der Waals surface area contributed by atoms with Crippen molar-refractivity contribution in [1.29, 1.82) is 0 Å². The lowest BCUT2D eigenvalue weighted by molar-refractivity contribution is 0.0289. The first-order valence-corrected chi connectivity index (χ1v) is 8.46. The first kappa shape index (κ1) is 21.4. The van der Waals surface area contributed by atoms with Crippen molar-refractivity contribution in [2.45, 2.75) is 32.8 Å². The van der Waals surface area contributed by atoms with Gasteiger partial charge in [0.25, 0.3) is 0 Å². The van der Waals surface area contributed by atoms with Crippen LogP contribution in [-0.2, 0) is 13.8 Å². The van der Waals surface area contributed by atoms with Crippen molar-refractivity contribution in [3.8, 4) is 0 Å². The van der Waals surface area contributed by atoms with Crippen molar-refractivity contribution < 1.29 is 28.2 Å². The molecule has 0 radical (unpaired) electrons. The summed E-state index contributed by atoms with van der Waals surface area (Å²) in [5.41, 5.74) is -0.550. The van der Waals surface area contributed by atoms with Crippen LogP contribution in [0.4, 0.5) is 14.4 Å². The molecule has 2 N–H and O–H groups in total. The molecule has 1 aliphatic rings. The van der Waals surface area contributed by atoms with E-state index in [2.05, 4.69) is 24.7 Å². The lowest BCUT2D eigenvalue weighted by Gasteiger charge is -2.24. The van der Waals surface area contributed by atoms with Gasteiger partial charge >= 0.3 is 18.3 Å². The highest BCUT2D eigenvalue weighted by atomic mass is 31.0. The molecule has 12 heteroatoms. The molecule has 0 saturated carbocycles. The number of carbonyl (C=O) groups excluding carboxylic acids is 3. The van der Waals surface area contributed by atoms with E-state index in [4.69, 9.17) is 4.74 Å². The number of amides is 3. The van der Waals surface area contributed by atoms with E-state index >= 15 is 0 Å². The second-order valence-corrected chi connectivity index (χ2v) is 6.80. The number of aliphatic imine (C=N–C) groups is 1. The molecule has 0 aromatic rings. The van der Waals surface area contributed by atoms with Crippen LogP contribution in [0.15, 0.2) is 4.99 Å². The molecule has 25 heavy (non-hydrogen) atoms. The molecular weight excluding hydrogens is 370 g/mol. The van der Waals surface area contributed by atoms with Crippen LogP contribution in [0, 0.1) is 5.92 Å². The Morgan fingerprint density at radius 1 is 1.16 bits per heavy atom. The summed E-state index contributed by atoms with van der Waals surface area (Å²) < 4.78 is 14.1. The molecule has 0 aromatic heterocycles.